The molecule has 1 fully saturated rings. The molecule has 1 aromatic carbocycles. The second-order valence-corrected chi connectivity index (χ2v) is 6.58. The molecular formula is C18H15F2N5O. The van der Waals surface area contributed by atoms with Crippen LogP contribution < -0.4 is 10.6 Å². The van der Waals surface area contributed by atoms with Crippen molar-refractivity contribution in [3.05, 3.63) is 41.1 Å². The quantitative estimate of drug-likeness (QED) is 0.911. The SMILES string of the molecule is N#CC1CN(c2nc(-c3ccc(C(N)=O)cc3)c3c(n2)C(F)(F)CC3)C1. The Morgan fingerprint density at radius 2 is 1.96 bits per heavy atom. The Labute approximate surface area is 148 Å². The molecule has 1 aromatic heterocycles. The fourth-order valence-corrected chi connectivity index (χ4v) is 3.31. The van der Waals surface area contributed by atoms with E-state index in [1.54, 1.807) is 29.2 Å². The maximum Gasteiger partial charge on any atom is 0.290 e. The van der Waals surface area contributed by atoms with E-state index in [4.69, 9.17) is 11.0 Å². The number of aromatic nitrogens is 2. The number of nitrogens with zero attached hydrogens (tertiary/aromatic N) is 4. The number of halogens is 2. The first-order valence-corrected chi connectivity index (χ1v) is 8.23. The average molecular weight is 355 g/mol. The highest BCUT2D eigenvalue weighted by atomic mass is 19.3. The summed E-state index contributed by atoms with van der Waals surface area (Å²) in [4.78, 5) is 21.6. The van der Waals surface area contributed by atoms with Crippen LogP contribution in [0.2, 0.25) is 0 Å². The van der Waals surface area contributed by atoms with Gasteiger partial charge in [-0.25, -0.2) is 9.97 Å². The van der Waals surface area contributed by atoms with Gasteiger partial charge in [0.1, 0.15) is 5.69 Å². The van der Waals surface area contributed by atoms with Gasteiger partial charge in [0.05, 0.1) is 17.7 Å². The monoisotopic (exact) mass is 355 g/mol. The van der Waals surface area contributed by atoms with Gasteiger partial charge in [-0.1, -0.05) is 12.1 Å². The van der Waals surface area contributed by atoms with E-state index < -0.39 is 11.8 Å². The second kappa shape index (κ2) is 5.73. The van der Waals surface area contributed by atoms with Gasteiger partial charge in [0.15, 0.2) is 0 Å². The van der Waals surface area contributed by atoms with Crippen molar-refractivity contribution in [2.45, 2.75) is 18.8 Å². The number of amides is 1. The first kappa shape index (κ1) is 16.4. The molecule has 0 atom stereocenters. The van der Waals surface area contributed by atoms with Crippen molar-refractivity contribution in [3.8, 4) is 17.3 Å². The van der Waals surface area contributed by atoms with Gasteiger partial charge in [0, 0.05) is 36.2 Å². The minimum atomic E-state index is -2.99. The zero-order valence-electron chi connectivity index (χ0n) is 13.7. The van der Waals surface area contributed by atoms with Crippen LogP contribution in [0.3, 0.4) is 0 Å². The molecule has 0 saturated carbocycles. The molecular weight excluding hydrogens is 340 g/mol. The number of carbonyl (C=O) groups is 1. The van der Waals surface area contributed by atoms with Crippen LogP contribution in [0.5, 0.6) is 0 Å². The first-order chi connectivity index (χ1) is 12.4. The Morgan fingerprint density at radius 3 is 2.58 bits per heavy atom. The highest BCUT2D eigenvalue weighted by Gasteiger charge is 2.44. The predicted molar refractivity (Wildman–Crippen MR) is 89.5 cm³/mol. The van der Waals surface area contributed by atoms with E-state index in [-0.39, 0.29) is 30.4 Å². The van der Waals surface area contributed by atoms with Crippen molar-refractivity contribution < 1.29 is 13.6 Å². The third-order valence-corrected chi connectivity index (χ3v) is 4.82. The van der Waals surface area contributed by atoms with E-state index in [1.807, 2.05) is 0 Å². The van der Waals surface area contributed by atoms with Crippen molar-refractivity contribution in [2.24, 2.45) is 11.7 Å². The molecule has 8 heteroatoms. The largest absolute Gasteiger partial charge is 0.366 e. The molecule has 1 saturated heterocycles. The lowest BCUT2D eigenvalue weighted by molar-refractivity contribution is -0.00594. The summed E-state index contributed by atoms with van der Waals surface area (Å²) in [6.07, 6.45) is -0.107. The summed E-state index contributed by atoms with van der Waals surface area (Å²) in [5, 5.41) is 8.92. The molecule has 0 bridgehead atoms. The van der Waals surface area contributed by atoms with E-state index in [9.17, 15) is 13.6 Å². The summed E-state index contributed by atoms with van der Waals surface area (Å²) in [5.41, 5.74) is 6.85. The van der Waals surface area contributed by atoms with Crippen molar-refractivity contribution in [3.63, 3.8) is 0 Å². The number of primary amides is 1. The molecule has 1 amide bonds. The zero-order chi connectivity index (χ0) is 18.5. The number of rotatable bonds is 3. The number of nitrogens with two attached hydrogens (primary N) is 1. The van der Waals surface area contributed by atoms with Crippen LogP contribution in [0.1, 0.15) is 28.0 Å². The smallest absolute Gasteiger partial charge is 0.290 e. The normalized spacial score (nSPS) is 18.1. The Hall–Kier alpha value is -3.08. The summed E-state index contributed by atoms with van der Waals surface area (Å²) in [6, 6.07) is 8.54. The van der Waals surface area contributed by atoms with Gasteiger partial charge in [-0.15, -0.1) is 0 Å². The Kier molecular flexibility index (Phi) is 3.61. The Morgan fingerprint density at radius 1 is 1.27 bits per heavy atom. The van der Waals surface area contributed by atoms with Crippen LogP contribution >= 0.6 is 0 Å². The lowest BCUT2D eigenvalue weighted by atomic mass is 10.0. The fourth-order valence-electron chi connectivity index (χ4n) is 3.31. The molecule has 1 aliphatic heterocycles. The van der Waals surface area contributed by atoms with Gasteiger partial charge in [0.25, 0.3) is 5.92 Å². The molecule has 1 aliphatic carbocycles. The van der Waals surface area contributed by atoms with E-state index in [0.29, 0.717) is 35.5 Å². The van der Waals surface area contributed by atoms with Crippen molar-refractivity contribution in [1.29, 1.82) is 5.26 Å². The topological polar surface area (TPSA) is 95.9 Å². The van der Waals surface area contributed by atoms with Gasteiger partial charge in [-0.2, -0.15) is 14.0 Å². The predicted octanol–water partition coefficient (Wildman–Crippen LogP) is 2.24. The molecule has 2 N–H and O–H groups in total. The minimum Gasteiger partial charge on any atom is -0.366 e. The number of nitriles is 1. The summed E-state index contributed by atoms with van der Waals surface area (Å²) >= 11 is 0. The minimum absolute atomic E-state index is 0.134. The number of anilines is 1. The van der Waals surface area contributed by atoms with Crippen LogP contribution in [0, 0.1) is 17.2 Å². The molecule has 2 aromatic rings. The zero-order valence-corrected chi connectivity index (χ0v) is 13.7. The molecule has 6 nitrogen and oxygen atoms in total. The summed E-state index contributed by atoms with van der Waals surface area (Å²) in [7, 11) is 0. The number of alkyl halides is 2. The summed E-state index contributed by atoms with van der Waals surface area (Å²) < 4.78 is 28.6. The lowest BCUT2D eigenvalue weighted by Gasteiger charge is -2.35. The highest BCUT2D eigenvalue weighted by Crippen LogP contribution is 2.44. The number of fused-ring (bicyclic) bond motifs is 1. The molecule has 132 valence electrons. The van der Waals surface area contributed by atoms with Gasteiger partial charge >= 0.3 is 0 Å². The fraction of sp³-hybridized carbons (Fsp3) is 0.333. The van der Waals surface area contributed by atoms with Gasteiger partial charge in [-0.3, -0.25) is 4.79 Å². The van der Waals surface area contributed by atoms with Crippen molar-refractivity contribution in [2.75, 3.05) is 18.0 Å². The highest BCUT2D eigenvalue weighted by molar-refractivity contribution is 5.93. The van der Waals surface area contributed by atoms with Gasteiger partial charge in [-0.05, 0) is 18.6 Å². The van der Waals surface area contributed by atoms with Gasteiger partial charge in [0.2, 0.25) is 11.9 Å². The third-order valence-electron chi connectivity index (χ3n) is 4.82. The average Bonchev–Trinajstić information content (AvgIpc) is 2.89. The molecule has 0 unspecified atom stereocenters. The molecule has 2 aliphatic rings. The van der Waals surface area contributed by atoms with Crippen molar-refractivity contribution >= 4 is 11.9 Å². The summed E-state index contributed by atoms with van der Waals surface area (Å²) in [6.45, 7) is 0.863. The van der Waals surface area contributed by atoms with E-state index >= 15 is 0 Å². The van der Waals surface area contributed by atoms with E-state index in [1.165, 1.54) is 0 Å². The number of benzene rings is 1. The third kappa shape index (κ3) is 2.56. The van der Waals surface area contributed by atoms with E-state index in [0.717, 1.165) is 0 Å². The standard InChI is InChI=1S/C18H15F2N5O/c19-18(20)6-5-13-14(11-1-3-12(4-2-11)16(22)26)23-17(24-15(13)18)25-8-10(7-21)9-25/h1-4,10H,5-6,8-9H2,(H2,22,26). The van der Waals surface area contributed by atoms with Crippen LogP contribution in [0.25, 0.3) is 11.3 Å². The maximum absolute atomic E-state index is 14.3. The molecule has 4 rings (SSSR count). The van der Waals surface area contributed by atoms with Gasteiger partial charge < -0.3 is 10.6 Å². The molecule has 0 spiro atoms. The number of hydrogen-bond acceptors (Lipinski definition) is 5. The van der Waals surface area contributed by atoms with Crippen LogP contribution in [0.15, 0.2) is 24.3 Å². The van der Waals surface area contributed by atoms with E-state index in [2.05, 4.69) is 16.0 Å². The maximum atomic E-state index is 14.3. The number of hydrogen-bond donors (Lipinski definition) is 1. The van der Waals surface area contributed by atoms with Crippen LogP contribution in [-0.4, -0.2) is 29.0 Å². The van der Waals surface area contributed by atoms with Crippen LogP contribution in [-0.2, 0) is 12.3 Å². The summed E-state index contributed by atoms with van der Waals surface area (Å²) in [5.74, 6) is -3.47. The molecule has 26 heavy (non-hydrogen) atoms. The van der Waals surface area contributed by atoms with Crippen LogP contribution in [0.4, 0.5) is 14.7 Å². The number of carbonyl (C=O) groups excluding carboxylic acids is 1. The lowest BCUT2D eigenvalue weighted by Crippen LogP contribution is -2.47. The molecule has 0 radical (unpaired) electrons. The molecule has 2 heterocycles. The first-order valence-electron chi connectivity index (χ1n) is 8.23. The Balaban J connectivity index is 1.80. The second-order valence-electron chi connectivity index (χ2n) is 6.58. The van der Waals surface area contributed by atoms with Crippen molar-refractivity contribution in [1.82, 2.24) is 9.97 Å². The Bertz CT molecular complexity index is 930.